The van der Waals surface area contributed by atoms with Crippen molar-refractivity contribution >= 4 is 23.4 Å². The van der Waals surface area contributed by atoms with Gasteiger partial charge in [0.25, 0.3) is 5.91 Å². The van der Waals surface area contributed by atoms with Gasteiger partial charge in [-0.3, -0.25) is 14.4 Å². The van der Waals surface area contributed by atoms with Crippen LogP contribution in [0.3, 0.4) is 0 Å². The molecule has 0 saturated carbocycles. The van der Waals surface area contributed by atoms with Crippen LogP contribution in [0.2, 0.25) is 0 Å². The molecule has 3 amide bonds. The third-order valence-electron chi connectivity index (χ3n) is 4.83. The molecule has 2 heterocycles. The molecule has 2 aliphatic heterocycles. The van der Waals surface area contributed by atoms with E-state index in [0.29, 0.717) is 44.0 Å². The number of nitrogens with one attached hydrogen (secondary N) is 1. The fourth-order valence-electron chi connectivity index (χ4n) is 3.29. The van der Waals surface area contributed by atoms with E-state index in [1.165, 1.54) is 0 Å². The fraction of sp³-hybridized carbons (Fsp3) is 0.526. The summed E-state index contributed by atoms with van der Waals surface area (Å²) in [4.78, 5) is 39.9. The molecule has 1 N–H and O–H groups in total. The predicted octanol–water partition coefficient (Wildman–Crippen LogP) is 1.42. The van der Waals surface area contributed by atoms with Crippen molar-refractivity contribution in [1.82, 2.24) is 9.80 Å². The minimum Gasteiger partial charge on any atom is -0.479 e. The molecule has 1 fully saturated rings. The van der Waals surface area contributed by atoms with Crippen LogP contribution in [0, 0.1) is 0 Å². The number of hydrogen-bond acceptors (Lipinski definition) is 4. The Bertz CT molecular complexity index is 719. The normalized spacial score (nSPS) is 19.9. The van der Waals surface area contributed by atoms with E-state index in [1.807, 2.05) is 22.8 Å². The zero-order valence-corrected chi connectivity index (χ0v) is 15.3. The minimum absolute atomic E-state index is 0.0344. The zero-order valence-electron chi connectivity index (χ0n) is 15.3. The van der Waals surface area contributed by atoms with Crippen LogP contribution in [0.5, 0.6) is 5.75 Å². The SMILES string of the molecule is CCC(=O)N1CCCN(C(=O)Cc2ccc3c(c2)NC(=O)C(C)O3)CC1. The van der Waals surface area contributed by atoms with Crippen molar-refractivity contribution in [1.29, 1.82) is 0 Å². The Balaban J connectivity index is 1.62. The van der Waals surface area contributed by atoms with Crippen LogP contribution in [0.25, 0.3) is 0 Å². The van der Waals surface area contributed by atoms with Crippen molar-refractivity contribution in [3.63, 3.8) is 0 Å². The first-order valence-electron chi connectivity index (χ1n) is 9.14. The lowest BCUT2D eigenvalue weighted by Crippen LogP contribution is -2.37. The smallest absolute Gasteiger partial charge is 0.265 e. The van der Waals surface area contributed by atoms with Crippen LogP contribution >= 0.6 is 0 Å². The number of carbonyl (C=O) groups excluding carboxylic acids is 3. The highest BCUT2D eigenvalue weighted by Crippen LogP contribution is 2.30. The zero-order chi connectivity index (χ0) is 18.7. The molecule has 1 unspecified atom stereocenters. The van der Waals surface area contributed by atoms with E-state index in [9.17, 15) is 14.4 Å². The number of hydrogen-bond donors (Lipinski definition) is 1. The van der Waals surface area contributed by atoms with Gasteiger partial charge in [0.05, 0.1) is 12.1 Å². The molecule has 0 radical (unpaired) electrons. The molecule has 7 heteroatoms. The highest BCUT2D eigenvalue weighted by molar-refractivity contribution is 5.97. The van der Waals surface area contributed by atoms with Gasteiger partial charge in [0.1, 0.15) is 5.75 Å². The summed E-state index contributed by atoms with van der Waals surface area (Å²) >= 11 is 0. The molecule has 26 heavy (non-hydrogen) atoms. The molecule has 2 aliphatic rings. The lowest BCUT2D eigenvalue weighted by molar-refractivity contribution is -0.133. The maximum Gasteiger partial charge on any atom is 0.265 e. The van der Waals surface area contributed by atoms with E-state index in [1.54, 1.807) is 19.1 Å². The largest absolute Gasteiger partial charge is 0.479 e. The van der Waals surface area contributed by atoms with Crippen LogP contribution in [-0.2, 0) is 20.8 Å². The number of benzene rings is 1. The van der Waals surface area contributed by atoms with Crippen molar-refractivity contribution in [3.05, 3.63) is 23.8 Å². The van der Waals surface area contributed by atoms with Crippen molar-refractivity contribution in [2.45, 2.75) is 39.2 Å². The third kappa shape index (κ3) is 3.98. The second-order valence-electron chi connectivity index (χ2n) is 6.73. The van der Waals surface area contributed by atoms with E-state index < -0.39 is 6.10 Å². The molecule has 1 aromatic carbocycles. The monoisotopic (exact) mass is 359 g/mol. The van der Waals surface area contributed by atoms with Gasteiger partial charge in [-0.2, -0.15) is 0 Å². The molecule has 0 aromatic heterocycles. The summed E-state index contributed by atoms with van der Waals surface area (Å²) in [5.41, 5.74) is 1.44. The van der Waals surface area contributed by atoms with Gasteiger partial charge in [0, 0.05) is 32.6 Å². The first-order valence-corrected chi connectivity index (χ1v) is 9.14. The molecule has 1 atom stereocenters. The number of carbonyl (C=O) groups is 3. The molecular weight excluding hydrogens is 334 g/mol. The summed E-state index contributed by atoms with van der Waals surface area (Å²) < 4.78 is 5.54. The van der Waals surface area contributed by atoms with Gasteiger partial charge in [-0.25, -0.2) is 0 Å². The average Bonchev–Trinajstić information content (AvgIpc) is 2.88. The molecule has 3 rings (SSSR count). The van der Waals surface area contributed by atoms with Crippen molar-refractivity contribution in [2.24, 2.45) is 0 Å². The second kappa shape index (κ2) is 7.76. The Morgan fingerprint density at radius 1 is 1.15 bits per heavy atom. The molecule has 1 saturated heterocycles. The van der Waals surface area contributed by atoms with Gasteiger partial charge in [-0.05, 0) is 31.0 Å². The van der Waals surface area contributed by atoms with Crippen LogP contribution in [0.4, 0.5) is 5.69 Å². The van der Waals surface area contributed by atoms with E-state index >= 15 is 0 Å². The van der Waals surface area contributed by atoms with Gasteiger partial charge < -0.3 is 19.9 Å². The second-order valence-corrected chi connectivity index (χ2v) is 6.73. The van der Waals surface area contributed by atoms with E-state index in [-0.39, 0.29) is 24.1 Å². The number of ether oxygens (including phenoxy) is 1. The maximum absolute atomic E-state index is 12.7. The number of fused-ring (bicyclic) bond motifs is 1. The molecule has 0 aliphatic carbocycles. The summed E-state index contributed by atoms with van der Waals surface area (Å²) in [6.45, 7) is 6.07. The van der Waals surface area contributed by atoms with Crippen LogP contribution in [0.15, 0.2) is 18.2 Å². The quantitative estimate of drug-likeness (QED) is 0.885. The predicted molar refractivity (Wildman–Crippen MR) is 96.9 cm³/mol. The van der Waals surface area contributed by atoms with Crippen LogP contribution in [0.1, 0.15) is 32.3 Å². The van der Waals surface area contributed by atoms with E-state index in [2.05, 4.69) is 5.32 Å². The van der Waals surface area contributed by atoms with Crippen molar-refractivity contribution in [2.75, 3.05) is 31.5 Å². The molecule has 140 valence electrons. The fourth-order valence-corrected chi connectivity index (χ4v) is 3.29. The summed E-state index contributed by atoms with van der Waals surface area (Å²) in [6.07, 6.45) is 1.04. The summed E-state index contributed by atoms with van der Waals surface area (Å²) in [5, 5.41) is 2.80. The molecule has 7 nitrogen and oxygen atoms in total. The number of amides is 3. The maximum atomic E-state index is 12.7. The van der Waals surface area contributed by atoms with Crippen LogP contribution < -0.4 is 10.1 Å². The first-order chi connectivity index (χ1) is 12.5. The highest BCUT2D eigenvalue weighted by atomic mass is 16.5. The standard InChI is InChI=1S/C19H25N3O4/c1-3-17(23)21-7-4-8-22(10-9-21)18(24)12-14-5-6-16-15(11-14)20-19(25)13(2)26-16/h5-6,11,13H,3-4,7-10,12H2,1-2H3,(H,20,25). The van der Waals surface area contributed by atoms with E-state index in [0.717, 1.165) is 12.0 Å². The Morgan fingerprint density at radius 3 is 2.54 bits per heavy atom. The van der Waals surface area contributed by atoms with Crippen molar-refractivity contribution in [3.8, 4) is 5.75 Å². The summed E-state index contributed by atoms with van der Waals surface area (Å²) in [6, 6.07) is 5.44. The lowest BCUT2D eigenvalue weighted by atomic mass is 10.1. The minimum atomic E-state index is -0.513. The van der Waals surface area contributed by atoms with Gasteiger partial charge >= 0.3 is 0 Å². The Hall–Kier alpha value is -2.57. The van der Waals surface area contributed by atoms with Crippen molar-refractivity contribution < 1.29 is 19.1 Å². The lowest BCUT2D eigenvalue weighted by Gasteiger charge is -2.24. The van der Waals surface area contributed by atoms with Crippen LogP contribution in [-0.4, -0.2) is 59.8 Å². The van der Waals surface area contributed by atoms with Gasteiger partial charge in [-0.15, -0.1) is 0 Å². The number of anilines is 1. The average molecular weight is 359 g/mol. The number of rotatable bonds is 3. The summed E-state index contributed by atoms with van der Waals surface area (Å²) in [5.74, 6) is 0.608. The highest BCUT2D eigenvalue weighted by Gasteiger charge is 2.25. The molecule has 1 aromatic rings. The molecule has 0 bridgehead atoms. The Morgan fingerprint density at radius 2 is 1.85 bits per heavy atom. The van der Waals surface area contributed by atoms with Gasteiger partial charge in [0.2, 0.25) is 11.8 Å². The Labute approximate surface area is 153 Å². The third-order valence-corrected chi connectivity index (χ3v) is 4.83. The van der Waals surface area contributed by atoms with Gasteiger partial charge in [0.15, 0.2) is 6.10 Å². The summed E-state index contributed by atoms with van der Waals surface area (Å²) in [7, 11) is 0. The topological polar surface area (TPSA) is 79.0 Å². The molecular formula is C19H25N3O4. The van der Waals surface area contributed by atoms with E-state index in [4.69, 9.17) is 4.74 Å². The Kier molecular flexibility index (Phi) is 5.44. The number of nitrogens with zero attached hydrogens (tertiary/aromatic N) is 2. The molecule has 0 spiro atoms. The first kappa shape index (κ1) is 18.2. The van der Waals surface area contributed by atoms with Gasteiger partial charge in [-0.1, -0.05) is 13.0 Å².